The van der Waals surface area contributed by atoms with Crippen molar-refractivity contribution in [1.82, 2.24) is 10.2 Å². The van der Waals surface area contributed by atoms with Crippen molar-refractivity contribution in [3.8, 4) is 22.4 Å². The van der Waals surface area contributed by atoms with E-state index in [0.29, 0.717) is 22.6 Å². The van der Waals surface area contributed by atoms with Crippen LogP contribution in [0, 0.1) is 0 Å². The van der Waals surface area contributed by atoms with Gasteiger partial charge in [0.25, 0.3) is 0 Å². The second-order valence-corrected chi connectivity index (χ2v) is 6.59. The van der Waals surface area contributed by atoms with Crippen LogP contribution in [0.25, 0.3) is 22.4 Å². The van der Waals surface area contributed by atoms with Gasteiger partial charge in [-0.3, -0.25) is 0 Å². The molecule has 148 valence electrons. The summed E-state index contributed by atoms with van der Waals surface area (Å²) in [4.78, 5) is 13.1. The van der Waals surface area contributed by atoms with Gasteiger partial charge in [-0.15, -0.1) is 10.2 Å². The van der Waals surface area contributed by atoms with Crippen molar-refractivity contribution in [2.24, 2.45) is 0 Å². The second-order valence-electron chi connectivity index (χ2n) is 6.59. The molecule has 3 aromatic carbocycles. The maximum atomic E-state index is 13.1. The molecule has 0 amide bonds. The summed E-state index contributed by atoms with van der Waals surface area (Å²) in [6.45, 7) is 2.05. The van der Waals surface area contributed by atoms with Crippen molar-refractivity contribution < 1.29 is 9.53 Å². The molecule has 0 aliphatic carbocycles. The molecule has 0 saturated carbocycles. The second kappa shape index (κ2) is 9.01. The van der Waals surface area contributed by atoms with Gasteiger partial charge in [-0.25, -0.2) is 4.79 Å². The first-order valence-corrected chi connectivity index (χ1v) is 9.78. The highest BCUT2D eigenvalue weighted by atomic mass is 16.5. The monoisotopic (exact) mass is 395 g/mol. The van der Waals surface area contributed by atoms with E-state index in [1.54, 1.807) is 6.92 Å². The van der Waals surface area contributed by atoms with E-state index < -0.39 is 5.97 Å². The maximum absolute atomic E-state index is 13.1. The van der Waals surface area contributed by atoms with Crippen LogP contribution < -0.4 is 5.32 Å². The summed E-state index contributed by atoms with van der Waals surface area (Å²) >= 11 is 0. The van der Waals surface area contributed by atoms with E-state index in [1.165, 1.54) is 0 Å². The number of carbonyl (C=O) groups excluding carboxylic acids is 1. The lowest BCUT2D eigenvalue weighted by atomic mass is 9.95. The number of ether oxygens (including phenoxy) is 1. The largest absolute Gasteiger partial charge is 0.462 e. The average molecular weight is 395 g/mol. The molecule has 1 aromatic heterocycles. The third-order valence-corrected chi connectivity index (χ3v) is 4.60. The van der Waals surface area contributed by atoms with Crippen LogP contribution in [0.4, 0.5) is 11.5 Å². The zero-order chi connectivity index (χ0) is 20.8. The Kier molecular flexibility index (Phi) is 5.80. The molecule has 4 rings (SSSR count). The van der Waals surface area contributed by atoms with Gasteiger partial charge < -0.3 is 10.1 Å². The number of carbonyl (C=O) groups is 1. The number of hydrogen-bond donors (Lipinski definition) is 1. The zero-order valence-corrected chi connectivity index (χ0v) is 16.6. The third-order valence-electron chi connectivity index (χ3n) is 4.60. The molecule has 0 radical (unpaired) electrons. The van der Waals surface area contributed by atoms with Crippen LogP contribution in [0.1, 0.15) is 17.3 Å². The predicted octanol–water partition coefficient (Wildman–Crippen LogP) is 5.73. The molecule has 0 fully saturated rings. The predicted molar refractivity (Wildman–Crippen MR) is 119 cm³/mol. The normalized spacial score (nSPS) is 10.4. The first kappa shape index (κ1) is 19.3. The average Bonchev–Trinajstić information content (AvgIpc) is 2.81. The number of nitrogens with zero attached hydrogens (tertiary/aromatic N) is 2. The van der Waals surface area contributed by atoms with Gasteiger partial charge in [0.05, 0.1) is 6.61 Å². The SMILES string of the molecule is CCOC(=O)c1c(Nc2ccccc2)nnc(-c2ccccc2)c1-c1ccccc1. The number of benzene rings is 3. The van der Waals surface area contributed by atoms with Gasteiger partial charge in [-0.1, -0.05) is 78.9 Å². The number of rotatable bonds is 6. The number of nitrogens with one attached hydrogen (secondary N) is 1. The lowest BCUT2D eigenvalue weighted by molar-refractivity contribution is 0.0528. The van der Waals surface area contributed by atoms with E-state index in [1.807, 2.05) is 91.0 Å². The molecule has 5 nitrogen and oxygen atoms in total. The third kappa shape index (κ3) is 4.05. The summed E-state index contributed by atoms with van der Waals surface area (Å²) in [5, 5.41) is 12.1. The van der Waals surface area contributed by atoms with Crippen LogP contribution in [0.2, 0.25) is 0 Å². The summed E-state index contributed by atoms with van der Waals surface area (Å²) in [5.74, 6) is -0.0833. The van der Waals surface area contributed by atoms with E-state index in [2.05, 4.69) is 15.5 Å². The van der Waals surface area contributed by atoms with E-state index in [-0.39, 0.29) is 6.61 Å². The molecule has 0 aliphatic rings. The Morgan fingerprint density at radius 2 is 1.37 bits per heavy atom. The Morgan fingerprint density at radius 3 is 1.97 bits per heavy atom. The van der Waals surface area contributed by atoms with Crippen molar-refractivity contribution in [1.29, 1.82) is 0 Å². The minimum absolute atomic E-state index is 0.265. The van der Waals surface area contributed by atoms with Crippen LogP contribution in [-0.4, -0.2) is 22.8 Å². The van der Waals surface area contributed by atoms with Gasteiger partial charge in [0.1, 0.15) is 11.3 Å². The molecule has 30 heavy (non-hydrogen) atoms. The molecule has 1 N–H and O–H groups in total. The van der Waals surface area contributed by atoms with Gasteiger partial charge in [-0.2, -0.15) is 0 Å². The molecule has 0 spiro atoms. The fourth-order valence-corrected chi connectivity index (χ4v) is 3.27. The number of para-hydroxylation sites is 1. The molecule has 0 bridgehead atoms. The van der Waals surface area contributed by atoms with Crippen LogP contribution in [0.15, 0.2) is 91.0 Å². The molecule has 4 aromatic rings. The van der Waals surface area contributed by atoms with E-state index in [9.17, 15) is 4.79 Å². The van der Waals surface area contributed by atoms with Crippen molar-refractivity contribution in [2.75, 3.05) is 11.9 Å². The Morgan fingerprint density at radius 1 is 0.800 bits per heavy atom. The number of esters is 1. The van der Waals surface area contributed by atoms with Crippen molar-refractivity contribution in [2.45, 2.75) is 6.92 Å². The van der Waals surface area contributed by atoms with E-state index >= 15 is 0 Å². The Balaban J connectivity index is 1.98. The highest BCUT2D eigenvalue weighted by Crippen LogP contribution is 2.37. The lowest BCUT2D eigenvalue weighted by Crippen LogP contribution is -2.13. The standard InChI is InChI=1S/C25H21N3O2/c1-2-30-25(29)22-21(18-12-6-3-7-13-18)23(19-14-8-4-9-15-19)27-28-24(22)26-20-16-10-5-11-17-20/h3-17H,2H2,1H3,(H,26,28). The van der Waals surface area contributed by atoms with Gasteiger partial charge in [0, 0.05) is 16.8 Å². The Labute approximate surface area is 175 Å². The van der Waals surface area contributed by atoms with Crippen molar-refractivity contribution in [3.63, 3.8) is 0 Å². The lowest BCUT2D eigenvalue weighted by Gasteiger charge is -2.17. The number of aromatic nitrogens is 2. The fraction of sp³-hybridized carbons (Fsp3) is 0.0800. The molecular weight excluding hydrogens is 374 g/mol. The highest BCUT2D eigenvalue weighted by Gasteiger charge is 2.25. The molecule has 1 heterocycles. The molecular formula is C25H21N3O2. The minimum Gasteiger partial charge on any atom is -0.462 e. The van der Waals surface area contributed by atoms with Crippen LogP contribution >= 0.6 is 0 Å². The first-order valence-electron chi connectivity index (χ1n) is 9.78. The first-order chi connectivity index (χ1) is 14.8. The fourth-order valence-electron chi connectivity index (χ4n) is 3.27. The summed E-state index contributed by atoms with van der Waals surface area (Å²) in [5.41, 5.74) is 4.23. The van der Waals surface area contributed by atoms with Gasteiger partial charge in [0.2, 0.25) is 0 Å². The van der Waals surface area contributed by atoms with Gasteiger partial charge >= 0.3 is 5.97 Å². The smallest absolute Gasteiger partial charge is 0.342 e. The van der Waals surface area contributed by atoms with Crippen LogP contribution in [0.5, 0.6) is 0 Å². The molecule has 5 heteroatoms. The number of anilines is 2. The summed E-state index contributed by atoms with van der Waals surface area (Å²) in [6, 6.07) is 29.0. The minimum atomic E-state index is -0.443. The zero-order valence-electron chi connectivity index (χ0n) is 16.6. The van der Waals surface area contributed by atoms with Crippen LogP contribution in [-0.2, 0) is 4.74 Å². The molecule has 0 atom stereocenters. The van der Waals surface area contributed by atoms with Crippen molar-refractivity contribution >= 4 is 17.5 Å². The summed E-state index contributed by atoms with van der Waals surface area (Å²) < 4.78 is 5.41. The quantitative estimate of drug-likeness (QED) is 0.422. The molecule has 0 unspecified atom stereocenters. The molecule has 0 saturated heterocycles. The topological polar surface area (TPSA) is 64.1 Å². The summed E-state index contributed by atoms with van der Waals surface area (Å²) in [6.07, 6.45) is 0. The van der Waals surface area contributed by atoms with E-state index in [0.717, 1.165) is 16.8 Å². The Bertz CT molecular complexity index is 1130. The molecule has 0 aliphatic heterocycles. The summed E-state index contributed by atoms with van der Waals surface area (Å²) in [7, 11) is 0. The maximum Gasteiger partial charge on any atom is 0.342 e. The highest BCUT2D eigenvalue weighted by molar-refractivity contribution is 6.05. The number of hydrogen-bond acceptors (Lipinski definition) is 5. The van der Waals surface area contributed by atoms with Gasteiger partial charge in [-0.05, 0) is 24.6 Å². The van der Waals surface area contributed by atoms with Crippen molar-refractivity contribution in [3.05, 3.63) is 96.6 Å². The van der Waals surface area contributed by atoms with Gasteiger partial charge in [0.15, 0.2) is 5.82 Å². The van der Waals surface area contributed by atoms with Crippen LogP contribution in [0.3, 0.4) is 0 Å². The Hall–Kier alpha value is -3.99. The van der Waals surface area contributed by atoms with E-state index in [4.69, 9.17) is 4.74 Å².